The Morgan fingerprint density at radius 3 is 1.10 bits per heavy atom. The van der Waals surface area contributed by atoms with Gasteiger partial charge in [0, 0.05) is 13.2 Å². The molecule has 0 saturated heterocycles. The van der Waals surface area contributed by atoms with E-state index in [2.05, 4.69) is 0 Å². The Morgan fingerprint density at radius 2 is 0.714 bits per heavy atom. The van der Waals surface area contributed by atoms with Crippen molar-refractivity contribution in [3.8, 4) is 0 Å². The van der Waals surface area contributed by atoms with Crippen LogP contribution in [0.15, 0.2) is 0 Å². The Kier molecular flexibility index (Phi) is 19.5. The standard InChI is InChI=1S/C15H32O6/c16-6-10-20-14-12-18-8-4-2-1-3-5-9-19-13-15-21-11-7-17/h16-17H,1-15H2. The van der Waals surface area contributed by atoms with Gasteiger partial charge in [0.05, 0.1) is 52.9 Å². The lowest BCUT2D eigenvalue weighted by molar-refractivity contribution is 0.0308. The molecule has 0 radical (unpaired) electrons. The van der Waals surface area contributed by atoms with Crippen LogP contribution in [-0.4, -0.2) is 76.3 Å². The maximum Gasteiger partial charge on any atom is 0.0701 e. The highest BCUT2D eigenvalue weighted by atomic mass is 16.5. The molecule has 0 aromatic heterocycles. The van der Waals surface area contributed by atoms with Crippen LogP contribution >= 0.6 is 0 Å². The SMILES string of the molecule is OCCOCCOCCCCCCCOCCOCCO. The van der Waals surface area contributed by atoms with E-state index in [1.54, 1.807) is 0 Å². The fraction of sp³-hybridized carbons (Fsp3) is 1.00. The largest absolute Gasteiger partial charge is 0.394 e. The minimum atomic E-state index is 0.0688. The van der Waals surface area contributed by atoms with Crippen LogP contribution in [0.1, 0.15) is 32.1 Å². The normalized spacial score (nSPS) is 11.1. The smallest absolute Gasteiger partial charge is 0.0701 e. The lowest BCUT2D eigenvalue weighted by Gasteiger charge is -2.06. The third kappa shape index (κ3) is 19.8. The van der Waals surface area contributed by atoms with E-state index in [1.807, 2.05) is 0 Å². The number of rotatable bonds is 18. The van der Waals surface area contributed by atoms with Crippen molar-refractivity contribution in [3.05, 3.63) is 0 Å². The van der Waals surface area contributed by atoms with Gasteiger partial charge >= 0.3 is 0 Å². The fourth-order valence-corrected chi connectivity index (χ4v) is 1.71. The number of ether oxygens (including phenoxy) is 4. The molecule has 0 atom stereocenters. The van der Waals surface area contributed by atoms with E-state index in [9.17, 15) is 0 Å². The zero-order valence-electron chi connectivity index (χ0n) is 13.1. The summed E-state index contributed by atoms with van der Waals surface area (Å²) in [5.74, 6) is 0. The molecule has 2 N–H and O–H groups in total. The maximum atomic E-state index is 8.50. The van der Waals surface area contributed by atoms with E-state index in [0.29, 0.717) is 39.6 Å². The Balaban J connectivity index is 2.90. The van der Waals surface area contributed by atoms with Gasteiger partial charge in [-0.2, -0.15) is 0 Å². The van der Waals surface area contributed by atoms with E-state index in [4.69, 9.17) is 29.2 Å². The minimum Gasteiger partial charge on any atom is -0.394 e. The summed E-state index contributed by atoms with van der Waals surface area (Å²) in [6, 6.07) is 0. The van der Waals surface area contributed by atoms with E-state index in [1.165, 1.54) is 19.3 Å². The van der Waals surface area contributed by atoms with Gasteiger partial charge in [-0.05, 0) is 12.8 Å². The summed E-state index contributed by atoms with van der Waals surface area (Å²) < 4.78 is 21.0. The highest BCUT2D eigenvalue weighted by Crippen LogP contribution is 2.03. The molecule has 0 saturated carbocycles. The molecule has 6 heteroatoms. The van der Waals surface area contributed by atoms with Crippen molar-refractivity contribution in [2.45, 2.75) is 32.1 Å². The zero-order chi connectivity index (χ0) is 15.4. The van der Waals surface area contributed by atoms with Crippen molar-refractivity contribution < 1.29 is 29.2 Å². The average Bonchev–Trinajstić information content (AvgIpc) is 2.50. The van der Waals surface area contributed by atoms with Gasteiger partial charge in [0.2, 0.25) is 0 Å². The van der Waals surface area contributed by atoms with Gasteiger partial charge in [-0.25, -0.2) is 0 Å². The van der Waals surface area contributed by atoms with Gasteiger partial charge in [-0.3, -0.25) is 0 Å². The Labute approximate surface area is 128 Å². The first kappa shape index (κ1) is 20.8. The van der Waals surface area contributed by atoms with Crippen LogP contribution in [0, 0.1) is 0 Å². The number of aliphatic hydroxyl groups excluding tert-OH is 2. The quantitative estimate of drug-likeness (QED) is 0.368. The van der Waals surface area contributed by atoms with E-state index in [0.717, 1.165) is 26.1 Å². The summed E-state index contributed by atoms with van der Waals surface area (Å²) in [6.45, 7) is 4.79. The topological polar surface area (TPSA) is 77.4 Å². The van der Waals surface area contributed by atoms with Crippen LogP contribution in [0.25, 0.3) is 0 Å². The molecule has 6 nitrogen and oxygen atoms in total. The second kappa shape index (κ2) is 19.8. The first-order valence-corrected chi connectivity index (χ1v) is 7.94. The van der Waals surface area contributed by atoms with Gasteiger partial charge in [0.15, 0.2) is 0 Å². The first-order valence-electron chi connectivity index (χ1n) is 7.94. The lowest BCUT2D eigenvalue weighted by atomic mass is 10.1. The number of aliphatic hydroxyl groups is 2. The van der Waals surface area contributed by atoms with Crippen LogP contribution in [0.5, 0.6) is 0 Å². The summed E-state index contributed by atoms with van der Waals surface area (Å²) >= 11 is 0. The van der Waals surface area contributed by atoms with Crippen molar-refractivity contribution in [3.63, 3.8) is 0 Å². The molecule has 128 valence electrons. The molecular formula is C15H32O6. The number of hydrogen-bond donors (Lipinski definition) is 2. The minimum absolute atomic E-state index is 0.0688. The second-order valence-corrected chi connectivity index (χ2v) is 4.66. The third-order valence-electron chi connectivity index (χ3n) is 2.79. The Bertz CT molecular complexity index is 162. The van der Waals surface area contributed by atoms with Crippen molar-refractivity contribution in [2.75, 3.05) is 66.1 Å². The molecule has 0 spiro atoms. The van der Waals surface area contributed by atoms with Crippen molar-refractivity contribution in [1.29, 1.82) is 0 Å². The molecular weight excluding hydrogens is 276 g/mol. The monoisotopic (exact) mass is 308 g/mol. The molecule has 0 unspecified atom stereocenters. The molecule has 0 fully saturated rings. The summed E-state index contributed by atoms with van der Waals surface area (Å²) in [5.41, 5.74) is 0. The Morgan fingerprint density at radius 1 is 0.381 bits per heavy atom. The van der Waals surface area contributed by atoms with Crippen LogP contribution < -0.4 is 0 Å². The van der Waals surface area contributed by atoms with E-state index < -0.39 is 0 Å². The average molecular weight is 308 g/mol. The van der Waals surface area contributed by atoms with Crippen LogP contribution in [-0.2, 0) is 18.9 Å². The summed E-state index contributed by atoms with van der Waals surface area (Å²) in [4.78, 5) is 0. The third-order valence-corrected chi connectivity index (χ3v) is 2.79. The van der Waals surface area contributed by atoms with Gasteiger partial charge in [0.25, 0.3) is 0 Å². The van der Waals surface area contributed by atoms with E-state index in [-0.39, 0.29) is 13.2 Å². The van der Waals surface area contributed by atoms with Gasteiger partial charge in [-0.15, -0.1) is 0 Å². The summed E-state index contributed by atoms with van der Waals surface area (Å²) in [6.07, 6.45) is 5.72. The molecule has 0 aliphatic heterocycles. The van der Waals surface area contributed by atoms with Gasteiger partial charge in [-0.1, -0.05) is 19.3 Å². The molecule has 0 bridgehead atoms. The predicted molar refractivity (Wildman–Crippen MR) is 80.5 cm³/mol. The molecule has 21 heavy (non-hydrogen) atoms. The molecule has 0 aliphatic rings. The van der Waals surface area contributed by atoms with Crippen molar-refractivity contribution in [2.24, 2.45) is 0 Å². The number of unbranched alkanes of at least 4 members (excludes halogenated alkanes) is 4. The van der Waals surface area contributed by atoms with Gasteiger partial charge in [0.1, 0.15) is 0 Å². The van der Waals surface area contributed by atoms with Crippen molar-refractivity contribution in [1.82, 2.24) is 0 Å². The highest BCUT2D eigenvalue weighted by molar-refractivity contribution is 4.44. The molecule has 0 aromatic carbocycles. The molecule has 0 heterocycles. The maximum absolute atomic E-state index is 8.50. The lowest BCUT2D eigenvalue weighted by Crippen LogP contribution is -2.08. The van der Waals surface area contributed by atoms with Crippen LogP contribution in [0.2, 0.25) is 0 Å². The zero-order valence-corrected chi connectivity index (χ0v) is 13.1. The predicted octanol–water partition coefficient (Wildman–Crippen LogP) is 0.988. The molecule has 0 aromatic rings. The molecule has 0 rings (SSSR count). The highest BCUT2D eigenvalue weighted by Gasteiger charge is 1.94. The Hall–Kier alpha value is -0.240. The molecule has 0 amide bonds. The second-order valence-electron chi connectivity index (χ2n) is 4.66. The van der Waals surface area contributed by atoms with E-state index >= 15 is 0 Å². The summed E-state index contributed by atoms with van der Waals surface area (Å²) in [7, 11) is 0. The van der Waals surface area contributed by atoms with Crippen LogP contribution in [0.3, 0.4) is 0 Å². The fourth-order valence-electron chi connectivity index (χ4n) is 1.71. The van der Waals surface area contributed by atoms with Crippen molar-refractivity contribution >= 4 is 0 Å². The molecule has 0 aliphatic carbocycles. The first-order chi connectivity index (χ1) is 10.4. The van der Waals surface area contributed by atoms with Gasteiger partial charge < -0.3 is 29.2 Å². The van der Waals surface area contributed by atoms with Crippen LogP contribution in [0.4, 0.5) is 0 Å². The number of hydrogen-bond acceptors (Lipinski definition) is 6. The summed E-state index contributed by atoms with van der Waals surface area (Å²) in [5, 5.41) is 17.0.